The molecule has 0 atom stereocenters. The topological polar surface area (TPSA) is 91.7 Å². The van der Waals surface area contributed by atoms with Crippen LogP contribution in [0, 0.1) is 0 Å². The average molecular weight is 422 g/mol. The molecule has 1 aromatic carbocycles. The molecule has 2 fully saturated rings. The summed E-state index contributed by atoms with van der Waals surface area (Å²) in [5.41, 5.74) is 2.00. The summed E-state index contributed by atoms with van der Waals surface area (Å²) in [6.07, 6.45) is 3.89. The highest BCUT2D eigenvalue weighted by Gasteiger charge is 2.52. The van der Waals surface area contributed by atoms with Gasteiger partial charge in [-0.25, -0.2) is 10.2 Å². The largest absolute Gasteiger partial charge is 0.451 e. The van der Waals surface area contributed by atoms with Crippen molar-refractivity contribution in [2.24, 2.45) is 0 Å². The maximum Gasteiger partial charge on any atom is 0.344 e. The monoisotopic (exact) mass is 421 g/mol. The number of hydrazine groups is 1. The third kappa shape index (κ3) is 3.25. The van der Waals surface area contributed by atoms with E-state index in [9.17, 15) is 14.4 Å². The van der Waals surface area contributed by atoms with Gasteiger partial charge in [0.1, 0.15) is 11.3 Å². The molecule has 1 saturated heterocycles. The number of benzene rings is 1. The number of rotatable bonds is 3. The molecule has 2 heterocycles. The van der Waals surface area contributed by atoms with Crippen molar-refractivity contribution in [2.45, 2.75) is 37.6 Å². The van der Waals surface area contributed by atoms with Gasteiger partial charge in [-0.05, 0) is 43.2 Å². The normalized spacial score (nSPS) is 18.4. The van der Waals surface area contributed by atoms with Crippen LogP contribution in [0.25, 0.3) is 11.3 Å². The van der Waals surface area contributed by atoms with E-state index in [2.05, 4.69) is 10.7 Å². The van der Waals surface area contributed by atoms with Crippen molar-refractivity contribution in [1.82, 2.24) is 15.8 Å². The third-order valence-electron chi connectivity index (χ3n) is 5.11. The fourth-order valence-electron chi connectivity index (χ4n) is 3.67. The second kappa shape index (κ2) is 7.14. The summed E-state index contributed by atoms with van der Waals surface area (Å²) in [4.78, 5) is 37.5. The molecule has 2 aliphatic rings. The van der Waals surface area contributed by atoms with Gasteiger partial charge in [-0.1, -0.05) is 42.5 Å². The van der Waals surface area contributed by atoms with E-state index in [1.54, 1.807) is 24.3 Å². The smallest absolute Gasteiger partial charge is 0.344 e. The number of urea groups is 1. The van der Waals surface area contributed by atoms with Gasteiger partial charge in [-0.15, -0.1) is 0 Å². The number of imide groups is 1. The Labute approximate surface area is 170 Å². The summed E-state index contributed by atoms with van der Waals surface area (Å²) < 4.78 is 5.56. The minimum absolute atomic E-state index is 0.0498. The molecule has 0 radical (unpaired) electrons. The fraction of sp³-hybridized carbons (Fsp3) is 0.316. The van der Waals surface area contributed by atoms with E-state index in [4.69, 9.17) is 27.6 Å². The summed E-state index contributed by atoms with van der Waals surface area (Å²) >= 11 is 12.0. The Morgan fingerprint density at radius 3 is 2.57 bits per heavy atom. The van der Waals surface area contributed by atoms with Crippen LogP contribution in [-0.4, -0.2) is 28.4 Å². The molecule has 0 bridgehead atoms. The van der Waals surface area contributed by atoms with E-state index in [-0.39, 0.29) is 5.76 Å². The van der Waals surface area contributed by atoms with Gasteiger partial charge in [0.05, 0.1) is 5.02 Å². The van der Waals surface area contributed by atoms with Crippen LogP contribution in [0.15, 0.2) is 34.7 Å². The number of carbonyl (C=O) groups excluding carboxylic acids is 3. The molecule has 4 rings (SSSR count). The van der Waals surface area contributed by atoms with Crippen LogP contribution in [-0.2, 0) is 4.79 Å². The zero-order valence-corrected chi connectivity index (χ0v) is 16.3. The fourth-order valence-corrected chi connectivity index (χ4v) is 4.17. The van der Waals surface area contributed by atoms with E-state index < -0.39 is 23.4 Å². The summed E-state index contributed by atoms with van der Waals surface area (Å²) in [7, 11) is 0. The van der Waals surface area contributed by atoms with Crippen molar-refractivity contribution in [3.8, 4) is 11.3 Å². The molecule has 4 amide bonds. The van der Waals surface area contributed by atoms with Crippen molar-refractivity contribution in [2.75, 3.05) is 0 Å². The molecule has 1 saturated carbocycles. The second-order valence-electron chi connectivity index (χ2n) is 6.94. The van der Waals surface area contributed by atoms with Crippen LogP contribution in [0.1, 0.15) is 42.7 Å². The van der Waals surface area contributed by atoms with E-state index in [1.165, 1.54) is 6.07 Å². The Morgan fingerprint density at radius 2 is 1.86 bits per heavy atom. The Morgan fingerprint density at radius 1 is 1.11 bits per heavy atom. The molecule has 9 heteroatoms. The third-order valence-corrected chi connectivity index (χ3v) is 5.66. The second-order valence-corrected chi connectivity index (χ2v) is 7.79. The first-order valence-corrected chi connectivity index (χ1v) is 9.68. The summed E-state index contributed by atoms with van der Waals surface area (Å²) in [5.74, 6) is -0.815. The number of halogens is 2. The van der Waals surface area contributed by atoms with E-state index >= 15 is 0 Å². The zero-order chi connectivity index (χ0) is 19.9. The number of hydrogen-bond donors (Lipinski definition) is 2. The van der Waals surface area contributed by atoms with Crippen LogP contribution in [0.5, 0.6) is 0 Å². The quantitative estimate of drug-likeness (QED) is 0.727. The number of amides is 4. The zero-order valence-electron chi connectivity index (χ0n) is 14.8. The number of furan rings is 1. The van der Waals surface area contributed by atoms with Crippen LogP contribution in [0.4, 0.5) is 4.79 Å². The van der Waals surface area contributed by atoms with Crippen LogP contribution in [0.3, 0.4) is 0 Å². The molecule has 2 N–H and O–H groups in total. The van der Waals surface area contributed by atoms with Gasteiger partial charge in [0.15, 0.2) is 5.76 Å². The highest BCUT2D eigenvalue weighted by molar-refractivity contribution is 6.36. The van der Waals surface area contributed by atoms with Crippen molar-refractivity contribution < 1.29 is 18.8 Å². The van der Waals surface area contributed by atoms with Gasteiger partial charge >= 0.3 is 11.9 Å². The van der Waals surface area contributed by atoms with E-state index in [0.717, 1.165) is 24.3 Å². The molecule has 1 aromatic heterocycles. The average Bonchev–Trinajstić information content (AvgIpc) is 3.23. The predicted octanol–water partition coefficient (Wildman–Crippen LogP) is 4.15. The first-order valence-electron chi connectivity index (χ1n) is 8.93. The lowest BCUT2D eigenvalue weighted by Gasteiger charge is -2.30. The summed E-state index contributed by atoms with van der Waals surface area (Å²) in [6, 6.07) is 7.30. The molecule has 1 aliphatic heterocycles. The molecule has 1 spiro atoms. The van der Waals surface area contributed by atoms with Crippen LogP contribution < -0.4 is 10.7 Å². The maximum absolute atomic E-state index is 12.7. The van der Waals surface area contributed by atoms with Crippen molar-refractivity contribution >= 4 is 41.0 Å². The number of carbonyl (C=O) groups is 3. The van der Waals surface area contributed by atoms with Crippen LogP contribution in [0.2, 0.25) is 10.0 Å². The van der Waals surface area contributed by atoms with Gasteiger partial charge in [0.25, 0.3) is 5.91 Å². The van der Waals surface area contributed by atoms with Gasteiger partial charge in [0.2, 0.25) is 0 Å². The Kier molecular flexibility index (Phi) is 4.81. The molecular formula is C19H17Cl2N3O4. The van der Waals surface area contributed by atoms with Gasteiger partial charge < -0.3 is 9.73 Å². The lowest BCUT2D eigenvalue weighted by Crippen LogP contribution is -2.50. The van der Waals surface area contributed by atoms with Crippen molar-refractivity contribution in [1.29, 1.82) is 0 Å². The lowest BCUT2D eigenvalue weighted by atomic mass is 9.82. The predicted molar refractivity (Wildman–Crippen MR) is 103 cm³/mol. The first-order chi connectivity index (χ1) is 13.4. The first kappa shape index (κ1) is 18.8. The lowest BCUT2D eigenvalue weighted by molar-refractivity contribution is -0.134. The van der Waals surface area contributed by atoms with Crippen molar-refractivity contribution in [3.05, 3.63) is 46.1 Å². The molecule has 7 nitrogen and oxygen atoms in total. The highest BCUT2D eigenvalue weighted by Crippen LogP contribution is 2.34. The van der Waals surface area contributed by atoms with E-state index in [0.29, 0.717) is 34.2 Å². The minimum Gasteiger partial charge on any atom is -0.451 e. The SMILES string of the molecule is O=C(NN1C(=O)NC2(CCCCC2)C1=O)c1ccc(-c2ccc(Cl)cc2Cl)o1. The molecule has 1 aliphatic carbocycles. The molecule has 0 unspecified atom stereocenters. The van der Waals surface area contributed by atoms with Crippen LogP contribution >= 0.6 is 23.2 Å². The van der Waals surface area contributed by atoms with Crippen molar-refractivity contribution in [3.63, 3.8) is 0 Å². The molecular weight excluding hydrogens is 405 g/mol. The summed E-state index contributed by atoms with van der Waals surface area (Å²) in [6.45, 7) is 0. The Balaban J connectivity index is 1.51. The highest BCUT2D eigenvalue weighted by atomic mass is 35.5. The Bertz CT molecular complexity index is 966. The maximum atomic E-state index is 12.7. The molecule has 2 aromatic rings. The summed E-state index contributed by atoms with van der Waals surface area (Å²) in [5, 5.41) is 4.33. The molecule has 146 valence electrons. The number of nitrogens with one attached hydrogen (secondary N) is 2. The van der Waals surface area contributed by atoms with Gasteiger partial charge in [-0.3, -0.25) is 9.59 Å². The van der Waals surface area contributed by atoms with E-state index in [1.807, 2.05) is 0 Å². The minimum atomic E-state index is -0.909. The van der Waals surface area contributed by atoms with Gasteiger partial charge in [0, 0.05) is 10.6 Å². The number of hydrogen-bond acceptors (Lipinski definition) is 4. The standard InChI is InChI=1S/C19H17Cl2N3O4/c20-11-4-5-12(13(21)10-11)14-6-7-15(28-14)16(25)23-24-17(26)19(22-18(24)27)8-2-1-3-9-19/h4-7,10H,1-3,8-9H2,(H,22,27)(H,23,25). The van der Waals surface area contributed by atoms with Gasteiger partial charge in [-0.2, -0.15) is 5.01 Å². The Hall–Kier alpha value is -2.51. The number of nitrogens with zero attached hydrogens (tertiary/aromatic N) is 1. The molecule has 28 heavy (non-hydrogen) atoms.